The van der Waals surface area contributed by atoms with E-state index in [1.54, 1.807) is 0 Å². The Kier molecular flexibility index (Phi) is 8.35. The Bertz CT molecular complexity index is 929. The molecule has 0 unspecified atom stereocenters. The van der Waals surface area contributed by atoms with Crippen LogP contribution in [-0.4, -0.2) is 34.3 Å². The van der Waals surface area contributed by atoms with Crippen LogP contribution in [0.3, 0.4) is 0 Å². The quantitative estimate of drug-likeness (QED) is 0.498. The minimum Gasteiger partial charge on any atom is -0.483 e. The molecule has 1 fully saturated rings. The third kappa shape index (κ3) is 6.76. The summed E-state index contributed by atoms with van der Waals surface area (Å²) in [5.41, 5.74) is 4.62. The van der Waals surface area contributed by atoms with Gasteiger partial charge >= 0.3 is 0 Å². The van der Waals surface area contributed by atoms with Crippen molar-refractivity contribution in [3.63, 3.8) is 0 Å². The van der Waals surface area contributed by atoms with Crippen molar-refractivity contribution in [1.82, 2.24) is 15.5 Å². The molecule has 2 aromatic carbocycles. The number of hydrogen-bond donors (Lipinski definition) is 2. The Balaban J connectivity index is 0.000000858. The molecular weight excluding hydrogens is 390 g/mol. The maximum Gasteiger partial charge on any atom is 0.290 e. The number of carbonyl (C=O) groups is 1. The zero-order chi connectivity index (χ0) is 22.1. The first-order chi connectivity index (χ1) is 15.1. The Hall–Kier alpha value is -2.99. The fourth-order valence-corrected chi connectivity index (χ4v) is 3.57. The van der Waals surface area contributed by atoms with Gasteiger partial charge in [-0.1, -0.05) is 61.8 Å². The molecule has 4 rings (SSSR count). The molecule has 0 atom stereocenters. The maximum atomic E-state index is 8.36. The molecule has 0 saturated heterocycles. The van der Waals surface area contributed by atoms with Crippen LogP contribution in [0.2, 0.25) is 0 Å². The standard InChI is InChI=1S/C24H29N3O.CH2O2/c1-17(2)16-19-8-12-21(13-9-19)24-26-23(27-28-24)20-10-6-18(7-11-20)14-15-25-22-4-3-5-22;2-1-3/h6-13,17,22,25H,3-5,14-16H2,1-2H3;1H,(H,2,3). The third-order valence-electron chi connectivity index (χ3n) is 5.43. The zero-order valence-electron chi connectivity index (χ0n) is 18.3. The van der Waals surface area contributed by atoms with Crippen LogP contribution in [-0.2, 0) is 17.6 Å². The minimum absolute atomic E-state index is 0.250. The molecule has 1 aromatic heterocycles. The van der Waals surface area contributed by atoms with E-state index in [2.05, 4.69) is 77.8 Å². The lowest BCUT2D eigenvalue weighted by Gasteiger charge is -2.26. The van der Waals surface area contributed by atoms with E-state index in [0.29, 0.717) is 17.6 Å². The molecule has 6 nitrogen and oxygen atoms in total. The van der Waals surface area contributed by atoms with Gasteiger partial charge in [0.25, 0.3) is 12.4 Å². The molecular formula is C25H31N3O3. The highest BCUT2D eigenvalue weighted by Gasteiger charge is 2.16. The van der Waals surface area contributed by atoms with Gasteiger partial charge in [-0.15, -0.1) is 0 Å². The van der Waals surface area contributed by atoms with Crippen molar-refractivity contribution in [2.45, 2.75) is 52.0 Å². The Labute approximate surface area is 183 Å². The van der Waals surface area contributed by atoms with Gasteiger partial charge < -0.3 is 14.9 Å². The highest BCUT2D eigenvalue weighted by atomic mass is 16.5. The number of rotatable bonds is 8. The monoisotopic (exact) mass is 421 g/mol. The first kappa shape index (κ1) is 22.7. The van der Waals surface area contributed by atoms with Crippen molar-refractivity contribution in [3.8, 4) is 22.8 Å². The third-order valence-corrected chi connectivity index (χ3v) is 5.43. The lowest BCUT2D eigenvalue weighted by Crippen LogP contribution is -2.36. The van der Waals surface area contributed by atoms with Crippen molar-refractivity contribution in [1.29, 1.82) is 0 Å². The molecule has 2 N–H and O–H groups in total. The van der Waals surface area contributed by atoms with Crippen LogP contribution >= 0.6 is 0 Å². The number of nitrogens with zero attached hydrogens (tertiary/aromatic N) is 2. The maximum absolute atomic E-state index is 8.36. The summed E-state index contributed by atoms with van der Waals surface area (Å²) in [5.74, 6) is 1.86. The van der Waals surface area contributed by atoms with E-state index in [4.69, 9.17) is 14.4 Å². The molecule has 0 radical (unpaired) electrons. The van der Waals surface area contributed by atoms with E-state index in [0.717, 1.165) is 36.6 Å². The Morgan fingerprint density at radius 2 is 1.68 bits per heavy atom. The molecule has 1 heterocycles. The fraction of sp³-hybridized carbons (Fsp3) is 0.400. The van der Waals surface area contributed by atoms with E-state index in [9.17, 15) is 0 Å². The zero-order valence-corrected chi connectivity index (χ0v) is 18.3. The predicted molar refractivity (Wildman–Crippen MR) is 122 cm³/mol. The second-order valence-electron chi connectivity index (χ2n) is 8.35. The summed E-state index contributed by atoms with van der Waals surface area (Å²) in [6, 6.07) is 17.6. The van der Waals surface area contributed by atoms with Crippen LogP contribution in [0.25, 0.3) is 22.8 Å². The van der Waals surface area contributed by atoms with Gasteiger partial charge in [-0.25, -0.2) is 0 Å². The second kappa shape index (κ2) is 11.4. The van der Waals surface area contributed by atoms with Gasteiger partial charge in [-0.2, -0.15) is 4.98 Å². The number of aromatic nitrogens is 2. The van der Waals surface area contributed by atoms with Crippen LogP contribution in [0.4, 0.5) is 0 Å². The van der Waals surface area contributed by atoms with Crippen LogP contribution in [0.15, 0.2) is 53.1 Å². The van der Waals surface area contributed by atoms with Crippen LogP contribution in [0, 0.1) is 5.92 Å². The van der Waals surface area contributed by atoms with Crippen molar-refractivity contribution in [3.05, 3.63) is 59.7 Å². The minimum atomic E-state index is -0.250. The lowest BCUT2D eigenvalue weighted by molar-refractivity contribution is -0.122. The van der Waals surface area contributed by atoms with E-state index in [1.165, 1.54) is 30.4 Å². The smallest absolute Gasteiger partial charge is 0.290 e. The first-order valence-electron chi connectivity index (χ1n) is 10.9. The van der Waals surface area contributed by atoms with Crippen LogP contribution < -0.4 is 5.32 Å². The highest BCUT2D eigenvalue weighted by Crippen LogP contribution is 2.23. The molecule has 3 aromatic rings. The highest BCUT2D eigenvalue weighted by molar-refractivity contribution is 5.60. The van der Waals surface area contributed by atoms with Gasteiger partial charge in [-0.3, -0.25) is 4.79 Å². The van der Waals surface area contributed by atoms with Gasteiger partial charge in [0.1, 0.15) is 0 Å². The van der Waals surface area contributed by atoms with E-state index in [-0.39, 0.29) is 6.47 Å². The summed E-state index contributed by atoms with van der Waals surface area (Å²) in [6.45, 7) is 5.26. The fourth-order valence-electron chi connectivity index (χ4n) is 3.57. The SMILES string of the molecule is CC(C)Cc1ccc(-c2nc(-c3ccc(CCNC4CCC4)cc3)no2)cc1.O=CO. The Morgan fingerprint density at radius 1 is 1.06 bits per heavy atom. The molecule has 0 amide bonds. The van der Waals surface area contributed by atoms with Gasteiger partial charge in [0, 0.05) is 17.2 Å². The summed E-state index contributed by atoms with van der Waals surface area (Å²) < 4.78 is 5.50. The predicted octanol–water partition coefficient (Wildman–Crippen LogP) is 4.99. The summed E-state index contributed by atoms with van der Waals surface area (Å²) in [6.07, 6.45) is 6.18. The molecule has 0 aliphatic heterocycles. The molecule has 164 valence electrons. The van der Waals surface area contributed by atoms with Crippen molar-refractivity contribution < 1.29 is 14.4 Å². The molecule has 0 bridgehead atoms. The number of benzene rings is 2. The number of hydrogen-bond acceptors (Lipinski definition) is 5. The molecule has 1 aliphatic rings. The topological polar surface area (TPSA) is 88.3 Å². The molecule has 6 heteroatoms. The van der Waals surface area contributed by atoms with Gasteiger partial charge in [-0.05, 0) is 61.4 Å². The summed E-state index contributed by atoms with van der Waals surface area (Å²) in [7, 11) is 0. The summed E-state index contributed by atoms with van der Waals surface area (Å²) in [4.78, 5) is 12.9. The largest absolute Gasteiger partial charge is 0.483 e. The average molecular weight is 422 g/mol. The average Bonchev–Trinajstić information content (AvgIpc) is 3.21. The first-order valence-corrected chi connectivity index (χ1v) is 10.9. The number of nitrogens with one attached hydrogen (secondary N) is 1. The molecule has 1 saturated carbocycles. The van der Waals surface area contributed by atoms with Crippen molar-refractivity contribution >= 4 is 6.47 Å². The van der Waals surface area contributed by atoms with E-state index >= 15 is 0 Å². The van der Waals surface area contributed by atoms with E-state index < -0.39 is 0 Å². The summed E-state index contributed by atoms with van der Waals surface area (Å²) in [5, 5.41) is 14.7. The second-order valence-corrected chi connectivity index (χ2v) is 8.35. The molecule has 1 aliphatic carbocycles. The summed E-state index contributed by atoms with van der Waals surface area (Å²) >= 11 is 0. The molecule has 31 heavy (non-hydrogen) atoms. The van der Waals surface area contributed by atoms with Crippen LogP contribution in [0.1, 0.15) is 44.2 Å². The van der Waals surface area contributed by atoms with Gasteiger partial charge in [0.05, 0.1) is 0 Å². The van der Waals surface area contributed by atoms with E-state index in [1.807, 2.05) is 0 Å². The van der Waals surface area contributed by atoms with Crippen molar-refractivity contribution in [2.24, 2.45) is 5.92 Å². The van der Waals surface area contributed by atoms with Gasteiger partial charge in [0.15, 0.2) is 0 Å². The Morgan fingerprint density at radius 3 is 2.26 bits per heavy atom. The lowest BCUT2D eigenvalue weighted by atomic mass is 9.93. The number of carboxylic acid groups (broad SMARTS) is 1. The molecule has 0 spiro atoms. The van der Waals surface area contributed by atoms with Crippen molar-refractivity contribution in [2.75, 3.05) is 6.54 Å². The normalized spacial score (nSPS) is 13.4. The van der Waals surface area contributed by atoms with Gasteiger partial charge in [0.2, 0.25) is 5.82 Å². The van der Waals surface area contributed by atoms with Crippen LogP contribution in [0.5, 0.6) is 0 Å².